The Labute approximate surface area is 78.6 Å². The standard InChI is InChI=1S/C8H18N4O/c1-2-11-8(13)12-4-3-10-6-7(12)5-9/h7,10H,2-6,9H2,1H3,(H,11,13). The summed E-state index contributed by atoms with van der Waals surface area (Å²) >= 11 is 0. The van der Waals surface area contributed by atoms with E-state index in [9.17, 15) is 4.79 Å². The SMILES string of the molecule is CCNC(=O)N1CCNCC1CN. The van der Waals surface area contributed by atoms with Crippen molar-refractivity contribution in [1.82, 2.24) is 15.5 Å². The first-order valence-electron chi connectivity index (χ1n) is 4.74. The first kappa shape index (κ1) is 10.3. The van der Waals surface area contributed by atoms with Gasteiger partial charge < -0.3 is 21.3 Å². The van der Waals surface area contributed by atoms with E-state index < -0.39 is 0 Å². The van der Waals surface area contributed by atoms with Gasteiger partial charge in [-0.05, 0) is 6.92 Å². The zero-order valence-electron chi connectivity index (χ0n) is 8.05. The first-order chi connectivity index (χ1) is 6.29. The van der Waals surface area contributed by atoms with Crippen LogP contribution >= 0.6 is 0 Å². The van der Waals surface area contributed by atoms with Crippen LogP contribution in [0.4, 0.5) is 4.79 Å². The molecule has 1 heterocycles. The lowest BCUT2D eigenvalue weighted by Crippen LogP contribution is -2.58. The van der Waals surface area contributed by atoms with E-state index in [4.69, 9.17) is 5.73 Å². The van der Waals surface area contributed by atoms with E-state index in [-0.39, 0.29) is 12.1 Å². The van der Waals surface area contributed by atoms with Gasteiger partial charge in [-0.3, -0.25) is 0 Å². The highest BCUT2D eigenvalue weighted by Gasteiger charge is 2.24. The summed E-state index contributed by atoms with van der Waals surface area (Å²) in [7, 11) is 0. The Morgan fingerprint density at radius 2 is 2.54 bits per heavy atom. The molecule has 1 aliphatic rings. The first-order valence-corrected chi connectivity index (χ1v) is 4.74. The van der Waals surface area contributed by atoms with Gasteiger partial charge in [0.05, 0.1) is 6.04 Å². The molecule has 0 aromatic carbocycles. The number of amides is 2. The van der Waals surface area contributed by atoms with Crippen molar-refractivity contribution in [2.45, 2.75) is 13.0 Å². The summed E-state index contributed by atoms with van der Waals surface area (Å²) < 4.78 is 0. The Kier molecular flexibility index (Phi) is 3.98. The van der Waals surface area contributed by atoms with Crippen LogP contribution < -0.4 is 16.4 Å². The number of piperazine rings is 1. The maximum absolute atomic E-state index is 11.5. The van der Waals surface area contributed by atoms with Gasteiger partial charge in [0.1, 0.15) is 0 Å². The van der Waals surface area contributed by atoms with Crippen molar-refractivity contribution in [2.75, 3.05) is 32.7 Å². The molecule has 1 atom stereocenters. The second kappa shape index (κ2) is 5.04. The minimum Gasteiger partial charge on any atom is -0.338 e. The van der Waals surface area contributed by atoms with Gasteiger partial charge in [0, 0.05) is 32.7 Å². The number of nitrogens with zero attached hydrogens (tertiary/aromatic N) is 1. The number of carbonyl (C=O) groups excluding carboxylic acids is 1. The van der Waals surface area contributed by atoms with E-state index in [0.29, 0.717) is 13.1 Å². The van der Waals surface area contributed by atoms with E-state index in [1.807, 2.05) is 6.92 Å². The summed E-state index contributed by atoms with van der Waals surface area (Å²) in [5.41, 5.74) is 5.57. The van der Waals surface area contributed by atoms with Gasteiger partial charge in [-0.2, -0.15) is 0 Å². The number of hydrogen-bond acceptors (Lipinski definition) is 3. The predicted molar refractivity (Wildman–Crippen MR) is 51.5 cm³/mol. The van der Waals surface area contributed by atoms with Crippen molar-refractivity contribution in [3.63, 3.8) is 0 Å². The Bertz CT molecular complexity index is 174. The minimum atomic E-state index is -0.000509. The van der Waals surface area contributed by atoms with Crippen LogP contribution in [-0.2, 0) is 0 Å². The van der Waals surface area contributed by atoms with Gasteiger partial charge >= 0.3 is 6.03 Å². The summed E-state index contributed by atoms with van der Waals surface area (Å²) in [5.74, 6) is 0. The van der Waals surface area contributed by atoms with E-state index in [2.05, 4.69) is 10.6 Å². The van der Waals surface area contributed by atoms with Gasteiger partial charge in [0.25, 0.3) is 0 Å². The highest BCUT2D eigenvalue weighted by Crippen LogP contribution is 2.01. The number of hydrogen-bond donors (Lipinski definition) is 3. The number of nitrogens with two attached hydrogens (primary N) is 1. The molecule has 1 aliphatic heterocycles. The molecular weight excluding hydrogens is 168 g/mol. The average Bonchev–Trinajstić information content (AvgIpc) is 2.18. The van der Waals surface area contributed by atoms with Crippen LogP contribution in [0.1, 0.15) is 6.92 Å². The molecule has 76 valence electrons. The summed E-state index contributed by atoms with van der Waals surface area (Å²) in [6.45, 7) is 5.50. The lowest BCUT2D eigenvalue weighted by Gasteiger charge is -2.35. The van der Waals surface area contributed by atoms with Crippen LogP contribution in [0.3, 0.4) is 0 Å². The molecule has 0 bridgehead atoms. The molecule has 0 aliphatic carbocycles. The minimum absolute atomic E-state index is 0.000509. The van der Waals surface area contributed by atoms with Crippen LogP contribution in [-0.4, -0.2) is 49.7 Å². The summed E-state index contributed by atoms with van der Waals surface area (Å²) in [5, 5.41) is 5.99. The van der Waals surface area contributed by atoms with Crippen molar-refractivity contribution in [2.24, 2.45) is 5.73 Å². The second-order valence-corrected chi connectivity index (χ2v) is 3.12. The zero-order chi connectivity index (χ0) is 9.68. The van der Waals surface area contributed by atoms with E-state index >= 15 is 0 Å². The van der Waals surface area contributed by atoms with Crippen molar-refractivity contribution in [3.05, 3.63) is 0 Å². The molecule has 5 heteroatoms. The lowest BCUT2D eigenvalue weighted by atomic mass is 10.2. The average molecular weight is 186 g/mol. The molecule has 13 heavy (non-hydrogen) atoms. The van der Waals surface area contributed by atoms with Gasteiger partial charge in [-0.15, -0.1) is 0 Å². The largest absolute Gasteiger partial charge is 0.338 e. The van der Waals surface area contributed by atoms with Gasteiger partial charge in [-0.1, -0.05) is 0 Å². The van der Waals surface area contributed by atoms with E-state index in [1.165, 1.54) is 0 Å². The van der Waals surface area contributed by atoms with Gasteiger partial charge in [0.15, 0.2) is 0 Å². The summed E-state index contributed by atoms with van der Waals surface area (Å²) in [6, 6.07) is 0.139. The molecule has 0 radical (unpaired) electrons. The molecular formula is C8H18N4O. The molecule has 0 aromatic heterocycles. The molecule has 0 aromatic rings. The Morgan fingerprint density at radius 1 is 1.77 bits per heavy atom. The quantitative estimate of drug-likeness (QED) is 0.515. The monoisotopic (exact) mass is 186 g/mol. The number of rotatable bonds is 2. The molecule has 4 N–H and O–H groups in total. The van der Waals surface area contributed by atoms with Gasteiger partial charge in [0.2, 0.25) is 0 Å². The van der Waals surface area contributed by atoms with Crippen LogP contribution in [0.15, 0.2) is 0 Å². The molecule has 1 saturated heterocycles. The van der Waals surface area contributed by atoms with Crippen molar-refractivity contribution >= 4 is 6.03 Å². The Balaban J connectivity index is 2.48. The maximum Gasteiger partial charge on any atom is 0.317 e. The summed E-state index contributed by atoms with van der Waals surface area (Å²) in [4.78, 5) is 13.3. The van der Waals surface area contributed by atoms with E-state index in [1.54, 1.807) is 4.90 Å². The van der Waals surface area contributed by atoms with Crippen LogP contribution in [0.2, 0.25) is 0 Å². The van der Waals surface area contributed by atoms with Crippen LogP contribution in [0.25, 0.3) is 0 Å². The van der Waals surface area contributed by atoms with Crippen LogP contribution in [0.5, 0.6) is 0 Å². The second-order valence-electron chi connectivity index (χ2n) is 3.12. The number of nitrogens with one attached hydrogen (secondary N) is 2. The van der Waals surface area contributed by atoms with E-state index in [0.717, 1.165) is 19.6 Å². The van der Waals surface area contributed by atoms with Crippen molar-refractivity contribution < 1.29 is 4.79 Å². The van der Waals surface area contributed by atoms with Crippen molar-refractivity contribution in [3.8, 4) is 0 Å². The van der Waals surface area contributed by atoms with Crippen LogP contribution in [0, 0.1) is 0 Å². The Hall–Kier alpha value is -0.810. The maximum atomic E-state index is 11.5. The smallest absolute Gasteiger partial charge is 0.317 e. The fourth-order valence-electron chi connectivity index (χ4n) is 1.49. The fourth-order valence-corrected chi connectivity index (χ4v) is 1.49. The van der Waals surface area contributed by atoms with Crippen molar-refractivity contribution in [1.29, 1.82) is 0 Å². The molecule has 1 unspecified atom stereocenters. The zero-order valence-corrected chi connectivity index (χ0v) is 8.05. The number of carbonyl (C=O) groups is 1. The fraction of sp³-hybridized carbons (Fsp3) is 0.875. The molecule has 0 spiro atoms. The normalized spacial score (nSPS) is 22.9. The topological polar surface area (TPSA) is 70.4 Å². The lowest BCUT2D eigenvalue weighted by molar-refractivity contribution is 0.161. The molecule has 2 amide bonds. The third-order valence-electron chi connectivity index (χ3n) is 2.21. The highest BCUT2D eigenvalue weighted by atomic mass is 16.2. The molecule has 5 nitrogen and oxygen atoms in total. The Morgan fingerprint density at radius 3 is 3.15 bits per heavy atom. The molecule has 1 rings (SSSR count). The number of urea groups is 1. The van der Waals surface area contributed by atoms with Gasteiger partial charge in [-0.25, -0.2) is 4.79 Å². The molecule has 1 fully saturated rings. The third-order valence-corrected chi connectivity index (χ3v) is 2.21. The summed E-state index contributed by atoms with van der Waals surface area (Å²) in [6.07, 6.45) is 0. The molecule has 0 saturated carbocycles. The third kappa shape index (κ3) is 2.57. The predicted octanol–water partition coefficient (Wildman–Crippen LogP) is -1.05. The highest BCUT2D eigenvalue weighted by molar-refractivity contribution is 5.74.